The van der Waals surface area contributed by atoms with Crippen molar-refractivity contribution in [1.82, 2.24) is 0 Å². The van der Waals surface area contributed by atoms with Crippen LogP contribution in [0.2, 0.25) is 0 Å². The van der Waals surface area contributed by atoms with Gasteiger partial charge in [0.1, 0.15) is 19.3 Å². The van der Waals surface area contributed by atoms with Crippen LogP contribution in [0.5, 0.6) is 0 Å². The Labute approximate surface area is 88.9 Å². The second-order valence-corrected chi connectivity index (χ2v) is 3.36. The molecule has 0 bridgehead atoms. The van der Waals surface area contributed by atoms with Crippen molar-refractivity contribution in [2.45, 2.75) is 19.9 Å². The second kappa shape index (κ2) is 7.19. The number of hydrogen-bond acceptors (Lipinski definition) is 6. The summed E-state index contributed by atoms with van der Waals surface area (Å²) in [5.74, 6) is -1.00. The van der Waals surface area contributed by atoms with Gasteiger partial charge in [0.05, 0.1) is 6.54 Å². The number of esters is 2. The number of carbonyl (C=O) groups excluding carboxylic acids is 2. The molecule has 0 rings (SSSR count). The van der Waals surface area contributed by atoms with Gasteiger partial charge in [-0.2, -0.15) is 0 Å². The van der Waals surface area contributed by atoms with Crippen molar-refractivity contribution in [2.75, 3.05) is 19.8 Å². The number of ether oxygens (including phenoxy) is 2. The van der Waals surface area contributed by atoms with E-state index in [0.717, 1.165) is 0 Å². The molecular weight excluding hydrogens is 200 g/mol. The van der Waals surface area contributed by atoms with Crippen LogP contribution in [0, 0.1) is 5.92 Å². The Morgan fingerprint density at radius 3 is 2.20 bits per heavy atom. The number of carbonyl (C=O) groups is 2. The summed E-state index contributed by atoms with van der Waals surface area (Å²) >= 11 is 0. The van der Waals surface area contributed by atoms with Gasteiger partial charge in [0.2, 0.25) is 0 Å². The summed E-state index contributed by atoms with van der Waals surface area (Å²) in [6.45, 7) is 3.47. The molecule has 0 heterocycles. The van der Waals surface area contributed by atoms with Gasteiger partial charge < -0.3 is 20.9 Å². The molecule has 0 aliphatic heterocycles. The van der Waals surface area contributed by atoms with E-state index in [0.29, 0.717) is 0 Å². The quantitative estimate of drug-likeness (QED) is 0.438. The highest BCUT2D eigenvalue weighted by Crippen LogP contribution is 2.00. The fourth-order valence-corrected chi connectivity index (χ4v) is 0.725. The highest BCUT2D eigenvalue weighted by molar-refractivity contribution is 5.75. The Bertz CT molecular complexity index is 218. The van der Waals surface area contributed by atoms with Crippen molar-refractivity contribution < 1.29 is 19.1 Å². The molecule has 0 aromatic rings. The van der Waals surface area contributed by atoms with E-state index in [1.807, 2.05) is 13.8 Å². The first-order chi connectivity index (χ1) is 6.99. The normalized spacial score (nSPS) is 12.3. The lowest BCUT2D eigenvalue weighted by atomic mass is 10.1. The fraction of sp³-hybridized carbons (Fsp3) is 0.778. The van der Waals surface area contributed by atoms with Crippen LogP contribution in [0.4, 0.5) is 0 Å². The standard InChI is InChI=1S/C9H18N2O4/c1-6(2)8(11)9(13)15-4-3-14-7(12)5-10/h6,8H,3-5,10-11H2,1-2H3. The van der Waals surface area contributed by atoms with Crippen LogP contribution in [-0.2, 0) is 19.1 Å². The maximum absolute atomic E-state index is 11.2. The van der Waals surface area contributed by atoms with Crippen molar-refractivity contribution in [3.05, 3.63) is 0 Å². The van der Waals surface area contributed by atoms with Crippen molar-refractivity contribution in [2.24, 2.45) is 17.4 Å². The smallest absolute Gasteiger partial charge is 0.323 e. The minimum atomic E-state index is -0.643. The Morgan fingerprint density at radius 2 is 1.73 bits per heavy atom. The van der Waals surface area contributed by atoms with E-state index in [2.05, 4.69) is 4.74 Å². The monoisotopic (exact) mass is 218 g/mol. The predicted molar refractivity (Wildman–Crippen MR) is 53.8 cm³/mol. The van der Waals surface area contributed by atoms with Crippen LogP contribution >= 0.6 is 0 Å². The molecule has 1 atom stereocenters. The van der Waals surface area contributed by atoms with E-state index in [1.54, 1.807) is 0 Å². The third-order valence-electron chi connectivity index (χ3n) is 1.75. The van der Waals surface area contributed by atoms with Crippen LogP contribution in [0.3, 0.4) is 0 Å². The van der Waals surface area contributed by atoms with Gasteiger partial charge in [0, 0.05) is 0 Å². The number of hydrogen-bond donors (Lipinski definition) is 2. The van der Waals surface area contributed by atoms with Crippen molar-refractivity contribution >= 4 is 11.9 Å². The molecule has 0 aromatic carbocycles. The average molecular weight is 218 g/mol. The number of rotatable bonds is 6. The van der Waals surface area contributed by atoms with E-state index in [4.69, 9.17) is 16.2 Å². The predicted octanol–water partition coefficient (Wildman–Crippen LogP) is -0.985. The minimum absolute atomic E-state index is 0.00495. The molecule has 0 aliphatic carbocycles. The summed E-state index contributed by atoms with van der Waals surface area (Å²) in [5, 5.41) is 0. The molecule has 0 fully saturated rings. The van der Waals surface area contributed by atoms with E-state index in [1.165, 1.54) is 0 Å². The Kier molecular flexibility index (Phi) is 6.64. The summed E-state index contributed by atoms with van der Waals surface area (Å²) in [7, 11) is 0. The van der Waals surface area contributed by atoms with E-state index in [-0.39, 0.29) is 25.7 Å². The zero-order valence-electron chi connectivity index (χ0n) is 9.06. The molecule has 0 saturated carbocycles. The van der Waals surface area contributed by atoms with Gasteiger partial charge in [0.25, 0.3) is 0 Å². The lowest BCUT2D eigenvalue weighted by Gasteiger charge is -2.14. The summed E-state index contributed by atoms with van der Waals surface area (Å²) in [6, 6.07) is -0.643. The molecule has 1 unspecified atom stereocenters. The first-order valence-electron chi connectivity index (χ1n) is 4.77. The van der Waals surface area contributed by atoms with Gasteiger partial charge in [-0.25, -0.2) is 0 Å². The SMILES string of the molecule is CC(C)C(N)C(=O)OCCOC(=O)CN. The van der Waals surface area contributed by atoms with Crippen LogP contribution < -0.4 is 11.5 Å². The molecule has 0 amide bonds. The molecule has 0 spiro atoms. The van der Waals surface area contributed by atoms with Gasteiger partial charge in [-0.05, 0) is 5.92 Å². The van der Waals surface area contributed by atoms with Gasteiger partial charge in [-0.3, -0.25) is 9.59 Å². The summed E-state index contributed by atoms with van der Waals surface area (Å²) < 4.78 is 9.38. The van der Waals surface area contributed by atoms with Crippen LogP contribution in [0.25, 0.3) is 0 Å². The van der Waals surface area contributed by atoms with Crippen LogP contribution in [0.15, 0.2) is 0 Å². The maximum atomic E-state index is 11.2. The van der Waals surface area contributed by atoms with Gasteiger partial charge >= 0.3 is 11.9 Å². The Morgan fingerprint density at radius 1 is 1.20 bits per heavy atom. The van der Waals surface area contributed by atoms with E-state index < -0.39 is 18.0 Å². The zero-order chi connectivity index (χ0) is 11.8. The van der Waals surface area contributed by atoms with Gasteiger partial charge in [-0.15, -0.1) is 0 Å². The van der Waals surface area contributed by atoms with E-state index >= 15 is 0 Å². The summed E-state index contributed by atoms with van der Waals surface area (Å²) in [6.07, 6.45) is 0. The lowest BCUT2D eigenvalue weighted by Crippen LogP contribution is -2.37. The van der Waals surface area contributed by atoms with E-state index in [9.17, 15) is 9.59 Å². The molecule has 15 heavy (non-hydrogen) atoms. The fourth-order valence-electron chi connectivity index (χ4n) is 0.725. The largest absolute Gasteiger partial charge is 0.461 e. The average Bonchev–Trinajstić information content (AvgIpc) is 2.22. The third kappa shape index (κ3) is 6.03. The first kappa shape index (κ1) is 13.9. The molecule has 0 aromatic heterocycles. The molecule has 4 N–H and O–H groups in total. The molecule has 6 heteroatoms. The van der Waals surface area contributed by atoms with Crippen LogP contribution in [0.1, 0.15) is 13.8 Å². The molecule has 0 aliphatic rings. The molecule has 0 saturated heterocycles. The van der Waals surface area contributed by atoms with Crippen molar-refractivity contribution in [3.8, 4) is 0 Å². The van der Waals surface area contributed by atoms with Crippen molar-refractivity contribution in [3.63, 3.8) is 0 Å². The topological polar surface area (TPSA) is 105 Å². The highest BCUT2D eigenvalue weighted by Gasteiger charge is 2.18. The summed E-state index contributed by atoms with van der Waals surface area (Å²) in [5.41, 5.74) is 10.5. The van der Waals surface area contributed by atoms with Gasteiger partial charge in [0.15, 0.2) is 0 Å². The van der Waals surface area contributed by atoms with Crippen LogP contribution in [-0.4, -0.2) is 37.7 Å². The molecule has 6 nitrogen and oxygen atoms in total. The highest BCUT2D eigenvalue weighted by atomic mass is 16.6. The third-order valence-corrected chi connectivity index (χ3v) is 1.75. The maximum Gasteiger partial charge on any atom is 0.323 e. The molecular formula is C9H18N2O4. The Hall–Kier alpha value is -1.14. The summed E-state index contributed by atoms with van der Waals surface area (Å²) in [4.78, 5) is 21.8. The second-order valence-electron chi connectivity index (χ2n) is 3.36. The van der Waals surface area contributed by atoms with Crippen molar-refractivity contribution in [1.29, 1.82) is 0 Å². The molecule has 88 valence electrons. The first-order valence-corrected chi connectivity index (χ1v) is 4.77. The number of nitrogens with two attached hydrogens (primary N) is 2. The van der Waals surface area contributed by atoms with Gasteiger partial charge in [-0.1, -0.05) is 13.8 Å². The molecule has 0 radical (unpaired) electrons. The minimum Gasteiger partial charge on any atom is -0.461 e. The zero-order valence-corrected chi connectivity index (χ0v) is 9.06. The Balaban J connectivity index is 3.60. The lowest BCUT2D eigenvalue weighted by molar-refractivity contribution is -0.153.